The van der Waals surface area contributed by atoms with Crippen molar-refractivity contribution in [1.82, 2.24) is 9.21 Å². The molecule has 0 radical (unpaired) electrons. The number of methoxy groups -OCH3 is 1. The second kappa shape index (κ2) is 10.1. The summed E-state index contributed by atoms with van der Waals surface area (Å²) in [6.07, 6.45) is 0.904. The minimum absolute atomic E-state index is 0.135. The number of carbonyl (C=O) groups excluding carboxylic acids is 2. The van der Waals surface area contributed by atoms with Gasteiger partial charge >= 0.3 is 5.97 Å². The monoisotopic (exact) mass is 460 g/mol. The van der Waals surface area contributed by atoms with Gasteiger partial charge in [0.2, 0.25) is 10.0 Å². The molecule has 0 aliphatic carbocycles. The van der Waals surface area contributed by atoms with Crippen molar-refractivity contribution in [2.45, 2.75) is 37.2 Å². The molecular weight excluding hydrogens is 432 g/mol. The Kier molecular flexibility index (Phi) is 7.52. The molecule has 1 atom stereocenters. The van der Waals surface area contributed by atoms with Crippen LogP contribution in [-0.2, 0) is 30.9 Å². The van der Waals surface area contributed by atoms with E-state index in [2.05, 4.69) is 0 Å². The Morgan fingerprint density at radius 3 is 2.50 bits per heavy atom. The molecule has 0 saturated carbocycles. The van der Waals surface area contributed by atoms with E-state index in [1.165, 1.54) is 21.3 Å². The highest BCUT2D eigenvalue weighted by molar-refractivity contribution is 7.89. The van der Waals surface area contributed by atoms with Crippen molar-refractivity contribution in [2.75, 3.05) is 27.3 Å². The molecule has 9 heteroatoms. The van der Waals surface area contributed by atoms with Crippen LogP contribution in [0.1, 0.15) is 24.0 Å². The molecule has 32 heavy (non-hydrogen) atoms. The highest BCUT2D eigenvalue weighted by Crippen LogP contribution is 2.27. The molecular formula is C23H28N2O6S. The summed E-state index contributed by atoms with van der Waals surface area (Å²) in [4.78, 5) is 26.7. The first-order valence-corrected chi connectivity index (χ1v) is 11.8. The third-order valence-electron chi connectivity index (χ3n) is 5.47. The van der Waals surface area contributed by atoms with Crippen LogP contribution in [0.25, 0.3) is 0 Å². The highest BCUT2D eigenvalue weighted by Gasteiger charge is 2.40. The van der Waals surface area contributed by atoms with Crippen molar-refractivity contribution in [2.24, 2.45) is 0 Å². The Morgan fingerprint density at radius 2 is 1.81 bits per heavy atom. The van der Waals surface area contributed by atoms with Gasteiger partial charge in [-0.25, -0.2) is 8.42 Å². The first-order valence-electron chi connectivity index (χ1n) is 10.3. The average Bonchev–Trinajstić information content (AvgIpc) is 3.29. The molecule has 8 nitrogen and oxygen atoms in total. The molecule has 0 N–H and O–H groups in total. The molecule has 1 saturated heterocycles. The molecule has 0 spiro atoms. The quantitative estimate of drug-likeness (QED) is 0.562. The minimum Gasteiger partial charge on any atom is -0.496 e. The highest BCUT2D eigenvalue weighted by atomic mass is 32.2. The molecule has 0 bridgehead atoms. The van der Waals surface area contributed by atoms with E-state index in [9.17, 15) is 18.0 Å². The maximum atomic E-state index is 13.0. The second-order valence-electron chi connectivity index (χ2n) is 7.76. The Hall–Kier alpha value is -2.91. The van der Waals surface area contributed by atoms with Gasteiger partial charge in [-0.3, -0.25) is 9.59 Å². The van der Waals surface area contributed by atoms with Crippen LogP contribution in [0.2, 0.25) is 0 Å². The number of ether oxygens (including phenoxy) is 2. The summed E-state index contributed by atoms with van der Waals surface area (Å²) in [7, 11) is -0.670. The van der Waals surface area contributed by atoms with Crippen molar-refractivity contribution in [1.29, 1.82) is 0 Å². The molecule has 3 rings (SSSR count). The van der Waals surface area contributed by atoms with E-state index in [-0.39, 0.29) is 18.0 Å². The zero-order valence-corrected chi connectivity index (χ0v) is 19.3. The number of carbonyl (C=O) groups is 2. The topological polar surface area (TPSA) is 93.2 Å². The van der Waals surface area contributed by atoms with Crippen LogP contribution in [0.5, 0.6) is 5.75 Å². The number of nitrogens with zero attached hydrogens (tertiary/aromatic N) is 2. The summed E-state index contributed by atoms with van der Waals surface area (Å²) in [5.74, 6) is -0.445. The van der Waals surface area contributed by atoms with Gasteiger partial charge in [0.1, 0.15) is 11.8 Å². The van der Waals surface area contributed by atoms with Gasteiger partial charge in [0.05, 0.1) is 12.0 Å². The number of esters is 1. The fourth-order valence-electron chi connectivity index (χ4n) is 3.63. The lowest BCUT2D eigenvalue weighted by molar-refractivity contribution is -0.154. The summed E-state index contributed by atoms with van der Waals surface area (Å²) in [5, 5.41) is 0. The number of sulfonamides is 1. The smallest absolute Gasteiger partial charge is 0.324 e. The van der Waals surface area contributed by atoms with Crippen LogP contribution in [-0.4, -0.2) is 62.9 Å². The molecule has 1 heterocycles. The van der Waals surface area contributed by atoms with E-state index in [4.69, 9.17) is 9.47 Å². The SMILES string of the molecule is COc1ccccc1CN(C)C(=O)COC(=O)[C@@H]1CCCN1S(=O)(=O)c1ccc(C)cc1. The predicted octanol–water partition coefficient (Wildman–Crippen LogP) is 2.36. The summed E-state index contributed by atoms with van der Waals surface area (Å²) in [5.41, 5.74) is 1.76. The van der Waals surface area contributed by atoms with Crippen LogP contribution in [0.4, 0.5) is 0 Å². The van der Waals surface area contributed by atoms with Gasteiger partial charge in [0, 0.05) is 25.7 Å². The Labute approximate surface area is 188 Å². The van der Waals surface area contributed by atoms with Gasteiger partial charge < -0.3 is 14.4 Å². The Bertz CT molecular complexity index is 1070. The maximum Gasteiger partial charge on any atom is 0.324 e. The average molecular weight is 461 g/mol. The van der Waals surface area contributed by atoms with E-state index in [1.54, 1.807) is 32.4 Å². The van der Waals surface area contributed by atoms with E-state index in [0.717, 1.165) is 11.1 Å². The fraction of sp³-hybridized carbons (Fsp3) is 0.391. The van der Waals surface area contributed by atoms with Gasteiger partial charge in [0.25, 0.3) is 5.91 Å². The standard InChI is InChI=1S/C23H28N2O6S/c1-17-10-12-19(13-11-17)32(28,29)25-14-6-8-20(25)23(27)31-16-22(26)24(2)15-18-7-4-5-9-21(18)30-3/h4-5,7,9-13,20H,6,8,14-16H2,1-3H3/t20-/m0/s1. The van der Waals surface area contributed by atoms with Gasteiger partial charge in [-0.2, -0.15) is 4.31 Å². The van der Waals surface area contributed by atoms with Crippen molar-refractivity contribution in [3.63, 3.8) is 0 Å². The van der Waals surface area contributed by atoms with Crippen LogP contribution in [0.15, 0.2) is 53.4 Å². The molecule has 1 fully saturated rings. The fourth-order valence-corrected chi connectivity index (χ4v) is 5.27. The normalized spacial score (nSPS) is 16.5. The van der Waals surface area contributed by atoms with Crippen molar-refractivity contribution in [3.05, 3.63) is 59.7 Å². The van der Waals surface area contributed by atoms with Crippen LogP contribution < -0.4 is 4.74 Å². The van der Waals surface area contributed by atoms with Crippen molar-refractivity contribution in [3.8, 4) is 5.75 Å². The number of benzene rings is 2. The lowest BCUT2D eigenvalue weighted by Gasteiger charge is -2.23. The lowest BCUT2D eigenvalue weighted by atomic mass is 10.2. The summed E-state index contributed by atoms with van der Waals surface area (Å²) < 4.78 is 37.7. The largest absolute Gasteiger partial charge is 0.496 e. The first kappa shape index (κ1) is 23.7. The van der Waals surface area contributed by atoms with Crippen LogP contribution >= 0.6 is 0 Å². The molecule has 1 aliphatic rings. The Balaban J connectivity index is 1.61. The second-order valence-corrected chi connectivity index (χ2v) is 9.65. The van der Waals surface area contributed by atoms with Crippen LogP contribution in [0, 0.1) is 6.92 Å². The van der Waals surface area contributed by atoms with Crippen molar-refractivity contribution < 1.29 is 27.5 Å². The van der Waals surface area contributed by atoms with E-state index < -0.39 is 34.5 Å². The first-order chi connectivity index (χ1) is 15.2. The summed E-state index contributed by atoms with van der Waals surface area (Å²) in [6, 6.07) is 12.9. The predicted molar refractivity (Wildman–Crippen MR) is 119 cm³/mol. The Morgan fingerprint density at radius 1 is 1.12 bits per heavy atom. The minimum atomic E-state index is -3.83. The number of hydrogen-bond donors (Lipinski definition) is 0. The molecule has 2 aromatic carbocycles. The van der Waals surface area contributed by atoms with E-state index in [0.29, 0.717) is 18.6 Å². The molecule has 0 aromatic heterocycles. The number of para-hydroxylation sites is 1. The molecule has 1 amide bonds. The zero-order valence-electron chi connectivity index (χ0n) is 18.5. The molecule has 0 unspecified atom stereocenters. The van der Waals surface area contributed by atoms with Gasteiger partial charge in [0.15, 0.2) is 6.61 Å². The lowest BCUT2D eigenvalue weighted by Crippen LogP contribution is -2.42. The number of hydrogen-bond acceptors (Lipinski definition) is 6. The summed E-state index contributed by atoms with van der Waals surface area (Å²) >= 11 is 0. The van der Waals surface area contributed by atoms with Gasteiger partial charge in [-0.1, -0.05) is 35.9 Å². The van der Waals surface area contributed by atoms with Crippen molar-refractivity contribution >= 4 is 21.9 Å². The van der Waals surface area contributed by atoms with Gasteiger partial charge in [-0.15, -0.1) is 0 Å². The molecule has 172 valence electrons. The number of amides is 1. The zero-order chi connectivity index (χ0) is 23.3. The number of aryl methyl sites for hydroxylation is 1. The third-order valence-corrected chi connectivity index (χ3v) is 7.39. The van der Waals surface area contributed by atoms with Crippen LogP contribution in [0.3, 0.4) is 0 Å². The molecule has 1 aliphatic heterocycles. The number of likely N-dealkylation sites (N-methyl/N-ethyl adjacent to an activating group) is 1. The number of rotatable bonds is 8. The van der Waals surface area contributed by atoms with Gasteiger partial charge in [-0.05, 0) is 38.0 Å². The molecule has 2 aromatic rings. The maximum absolute atomic E-state index is 13.0. The van der Waals surface area contributed by atoms with E-state index in [1.807, 2.05) is 25.1 Å². The van der Waals surface area contributed by atoms with E-state index >= 15 is 0 Å². The summed E-state index contributed by atoms with van der Waals surface area (Å²) in [6.45, 7) is 1.93. The third kappa shape index (κ3) is 5.28.